The normalized spacial score (nSPS) is 16.3. The minimum absolute atomic E-state index is 0.0173. The van der Waals surface area contributed by atoms with Crippen LogP contribution in [-0.4, -0.2) is 42.5 Å². The molecule has 126 valence electrons. The fraction of sp³-hybridized carbons (Fsp3) is 0.467. The first kappa shape index (κ1) is 17.2. The molecule has 2 rings (SSSR count). The van der Waals surface area contributed by atoms with Gasteiger partial charge in [0.25, 0.3) is 5.91 Å². The van der Waals surface area contributed by atoms with Gasteiger partial charge in [0.05, 0.1) is 5.56 Å². The third kappa shape index (κ3) is 4.43. The predicted octanol–water partition coefficient (Wildman–Crippen LogP) is 2.36. The molecule has 4 nitrogen and oxygen atoms in total. The first-order chi connectivity index (χ1) is 10.8. The van der Waals surface area contributed by atoms with Crippen LogP contribution in [0.25, 0.3) is 0 Å². The highest BCUT2D eigenvalue weighted by atomic mass is 19.4. The van der Waals surface area contributed by atoms with E-state index in [0.29, 0.717) is 25.9 Å². The van der Waals surface area contributed by atoms with Crippen molar-refractivity contribution in [3.05, 3.63) is 35.6 Å². The standard InChI is InChI=1S/C15H16F4N2O2/c16-12-4-2-1-3-11(12)13(22)21-7-5-10(6-8-21)9-20-14(23)15(17,18)19/h1-4,10H,5-9H2,(H,20,23). The van der Waals surface area contributed by atoms with Crippen molar-refractivity contribution in [2.45, 2.75) is 19.0 Å². The molecule has 0 bridgehead atoms. The molecular weight excluding hydrogens is 316 g/mol. The predicted molar refractivity (Wildman–Crippen MR) is 74.1 cm³/mol. The summed E-state index contributed by atoms with van der Waals surface area (Å²) in [6.07, 6.45) is -3.97. The summed E-state index contributed by atoms with van der Waals surface area (Å²) in [4.78, 5) is 24.4. The second kappa shape index (κ2) is 6.97. The fourth-order valence-electron chi connectivity index (χ4n) is 2.48. The van der Waals surface area contributed by atoms with Gasteiger partial charge in [0.1, 0.15) is 5.82 Å². The minimum Gasteiger partial charge on any atom is -0.348 e. The van der Waals surface area contributed by atoms with Crippen LogP contribution < -0.4 is 5.32 Å². The lowest BCUT2D eigenvalue weighted by Gasteiger charge is -2.32. The van der Waals surface area contributed by atoms with E-state index in [9.17, 15) is 27.2 Å². The molecule has 23 heavy (non-hydrogen) atoms. The van der Waals surface area contributed by atoms with Gasteiger partial charge in [0.2, 0.25) is 0 Å². The Morgan fingerprint density at radius 2 is 1.78 bits per heavy atom. The van der Waals surface area contributed by atoms with Crippen LogP contribution in [-0.2, 0) is 4.79 Å². The number of rotatable bonds is 3. The molecule has 0 unspecified atom stereocenters. The number of benzene rings is 1. The van der Waals surface area contributed by atoms with Crippen molar-refractivity contribution in [3.63, 3.8) is 0 Å². The van der Waals surface area contributed by atoms with E-state index in [1.165, 1.54) is 23.1 Å². The van der Waals surface area contributed by atoms with E-state index in [4.69, 9.17) is 0 Å². The molecule has 0 atom stereocenters. The zero-order valence-electron chi connectivity index (χ0n) is 12.2. The Kier molecular flexibility index (Phi) is 5.23. The number of hydrogen-bond acceptors (Lipinski definition) is 2. The van der Waals surface area contributed by atoms with E-state index < -0.39 is 23.8 Å². The number of carbonyl (C=O) groups is 2. The molecular formula is C15H16F4N2O2. The number of hydrogen-bond donors (Lipinski definition) is 1. The molecule has 1 aromatic rings. The van der Waals surface area contributed by atoms with Gasteiger partial charge in [0, 0.05) is 19.6 Å². The molecule has 0 aromatic heterocycles. The number of alkyl halides is 3. The first-order valence-electron chi connectivity index (χ1n) is 7.18. The molecule has 0 saturated carbocycles. The lowest BCUT2D eigenvalue weighted by Crippen LogP contribution is -2.44. The molecule has 0 aliphatic carbocycles. The monoisotopic (exact) mass is 332 g/mol. The Morgan fingerprint density at radius 1 is 1.17 bits per heavy atom. The zero-order chi connectivity index (χ0) is 17.0. The molecule has 1 aliphatic rings. The van der Waals surface area contributed by atoms with E-state index in [-0.39, 0.29) is 18.0 Å². The van der Waals surface area contributed by atoms with Gasteiger partial charge >= 0.3 is 12.1 Å². The van der Waals surface area contributed by atoms with Gasteiger partial charge < -0.3 is 10.2 Å². The number of halogens is 4. The molecule has 8 heteroatoms. The quantitative estimate of drug-likeness (QED) is 0.864. The smallest absolute Gasteiger partial charge is 0.348 e. The van der Waals surface area contributed by atoms with Crippen LogP contribution >= 0.6 is 0 Å². The maximum atomic E-state index is 13.6. The first-order valence-corrected chi connectivity index (χ1v) is 7.18. The zero-order valence-corrected chi connectivity index (χ0v) is 12.2. The third-order valence-electron chi connectivity index (χ3n) is 3.81. The van der Waals surface area contributed by atoms with Crippen molar-refractivity contribution in [2.24, 2.45) is 5.92 Å². The summed E-state index contributed by atoms with van der Waals surface area (Å²) in [6, 6.07) is 5.65. The van der Waals surface area contributed by atoms with Crippen LogP contribution in [0.2, 0.25) is 0 Å². The van der Waals surface area contributed by atoms with Gasteiger partial charge in [-0.1, -0.05) is 12.1 Å². The topological polar surface area (TPSA) is 49.4 Å². The number of nitrogens with one attached hydrogen (secondary N) is 1. The summed E-state index contributed by atoms with van der Waals surface area (Å²) in [5.74, 6) is -3.12. The summed E-state index contributed by atoms with van der Waals surface area (Å²) >= 11 is 0. The van der Waals surface area contributed by atoms with Gasteiger partial charge in [-0.05, 0) is 30.9 Å². The van der Waals surface area contributed by atoms with Gasteiger partial charge in [-0.25, -0.2) is 4.39 Å². The number of amides is 2. The van der Waals surface area contributed by atoms with Crippen LogP contribution in [0.4, 0.5) is 17.6 Å². The SMILES string of the molecule is O=C(c1ccccc1F)N1CCC(CNC(=O)C(F)(F)F)CC1. The Labute approximate surface area is 130 Å². The van der Waals surface area contributed by atoms with Crippen molar-refractivity contribution < 1.29 is 27.2 Å². The number of carbonyl (C=O) groups excluding carboxylic acids is 2. The largest absolute Gasteiger partial charge is 0.471 e. The molecule has 1 N–H and O–H groups in total. The van der Waals surface area contributed by atoms with Crippen LogP contribution in [0, 0.1) is 11.7 Å². The van der Waals surface area contributed by atoms with Crippen LogP contribution in [0.5, 0.6) is 0 Å². The Balaban J connectivity index is 1.83. The molecule has 0 radical (unpaired) electrons. The van der Waals surface area contributed by atoms with Crippen molar-refractivity contribution >= 4 is 11.8 Å². The molecule has 1 fully saturated rings. The van der Waals surface area contributed by atoms with Crippen molar-refractivity contribution in [1.82, 2.24) is 10.2 Å². The molecule has 0 spiro atoms. The molecule has 1 saturated heterocycles. The van der Waals surface area contributed by atoms with Gasteiger partial charge in [-0.2, -0.15) is 13.2 Å². The van der Waals surface area contributed by atoms with E-state index in [0.717, 1.165) is 0 Å². The summed E-state index contributed by atoms with van der Waals surface area (Å²) in [6.45, 7) is 0.555. The van der Waals surface area contributed by atoms with Crippen LogP contribution in [0.15, 0.2) is 24.3 Å². The van der Waals surface area contributed by atoms with Crippen molar-refractivity contribution in [2.75, 3.05) is 19.6 Å². The second-order valence-electron chi connectivity index (χ2n) is 5.42. The average Bonchev–Trinajstić information content (AvgIpc) is 2.52. The highest BCUT2D eigenvalue weighted by Gasteiger charge is 2.38. The van der Waals surface area contributed by atoms with Gasteiger partial charge in [0.15, 0.2) is 0 Å². The Hall–Kier alpha value is -2.12. The number of likely N-dealkylation sites (tertiary alicyclic amines) is 1. The lowest BCUT2D eigenvalue weighted by atomic mass is 9.96. The highest BCUT2D eigenvalue weighted by Crippen LogP contribution is 2.20. The summed E-state index contributed by atoms with van der Waals surface area (Å²) < 4.78 is 49.9. The lowest BCUT2D eigenvalue weighted by molar-refractivity contribution is -0.173. The summed E-state index contributed by atoms with van der Waals surface area (Å²) in [5, 5.41) is 1.85. The second-order valence-corrected chi connectivity index (χ2v) is 5.42. The number of piperidine rings is 1. The van der Waals surface area contributed by atoms with Crippen molar-refractivity contribution in [3.8, 4) is 0 Å². The minimum atomic E-state index is -4.89. The molecule has 2 amide bonds. The summed E-state index contributed by atoms with van der Waals surface area (Å²) in [7, 11) is 0. The third-order valence-corrected chi connectivity index (χ3v) is 3.81. The molecule has 1 aliphatic heterocycles. The Bertz CT molecular complexity index is 581. The van der Waals surface area contributed by atoms with E-state index in [1.54, 1.807) is 6.07 Å². The van der Waals surface area contributed by atoms with Gasteiger partial charge in [-0.3, -0.25) is 9.59 Å². The maximum absolute atomic E-state index is 13.6. The van der Waals surface area contributed by atoms with Crippen LogP contribution in [0.3, 0.4) is 0 Å². The van der Waals surface area contributed by atoms with E-state index in [2.05, 4.69) is 0 Å². The van der Waals surface area contributed by atoms with E-state index in [1.807, 2.05) is 5.32 Å². The maximum Gasteiger partial charge on any atom is 0.471 e. The number of nitrogens with zero attached hydrogens (tertiary/aromatic N) is 1. The fourth-order valence-corrected chi connectivity index (χ4v) is 2.48. The van der Waals surface area contributed by atoms with Gasteiger partial charge in [-0.15, -0.1) is 0 Å². The van der Waals surface area contributed by atoms with Crippen molar-refractivity contribution in [1.29, 1.82) is 0 Å². The molecule has 1 aromatic carbocycles. The van der Waals surface area contributed by atoms with E-state index >= 15 is 0 Å². The Morgan fingerprint density at radius 3 is 2.35 bits per heavy atom. The highest BCUT2D eigenvalue weighted by molar-refractivity contribution is 5.94. The average molecular weight is 332 g/mol. The molecule has 1 heterocycles. The summed E-state index contributed by atoms with van der Waals surface area (Å²) in [5.41, 5.74) is -0.0173. The van der Waals surface area contributed by atoms with Crippen LogP contribution in [0.1, 0.15) is 23.2 Å².